The molecular weight excluding hydrogens is 270 g/mol. The van der Waals surface area contributed by atoms with E-state index in [1.807, 2.05) is 0 Å². The van der Waals surface area contributed by atoms with Gasteiger partial charge in [0.25, 0.3) is 0 Å². The predicted octanol–water partition coefficient (Wildman–Crippen LogP) is 1.59. The molecule has 1 aromatic heterocycles. The molecule has 0 amide bonds. The van der Waals surface area contributed by atoms with Crippen molar-refractivity contribution in [3.05, 3.63) is 30.2 Å². The van der Waals surface area contributed by atoms with Gasteiger partial charge in [-0.1, -0.05) is 0 Å². The van der Waals surface area contributed by atoms with E-state index in [4.69, 9.17) is 13.9 Å². The fourth-order valence-corrected chi connectivity index (χ4v) is 1.68. The Balaban J connectivity index is 0.00000180. The molecule has 0 saturated carbocycles. The van der Waals surface area contributed by atoms with Crippen molar-refractivity contribution in [3.63, 3.8) is 0 Å². The van der Waals surface area contributed by atoms with Crippen molar-refractivity contribution in [3.8, 4) is 0 Å². The van der Waals surface area contributed by atoms with Gasteiger partial charge < -0.3 is 13.9 Å². The summed E-state index contributed by atoms with van der Waals surface area (Å²) >= 11 is 0. The molecule has 0 spiro atoms. The van der Waals surface area contributed by atoms with Crippen LogP contribution in [0.5, 0.6) is 0 Å². The molecule has 0 N–H and O–H groups in total. The Bertz CT molecular complexity index is 385. The maximum atomic E-state index is 11.4. The van der Waals surface area contributed by atoms with Gasteiger partial charge in [0.05, 0.1) is 19.5 Å². The second kappa shape index (κ2) is 8.74. The molecule has 106 valence electrons. The molecule has 1 fully saturated rings. The lowest BCUT2D eigenvalue weighted by molar-refractivity contribution is -0.138. The number of esters is 1. The SMILES string of the molecule is Cl.O=C(/C=C/c1ccco1)OCCN1CCOCC1. The van der Waals surface area contributed by atoms with Gasteiger partial charge in [-0.25, -0.2) is 4.79 Å². The van der Waals surface area contributed by atoms with Crippen LogP contribution >= 0.6 is 12.4 Å². The maximum Gasteiger partial charge on any atom is 0.330 e. The zero-order valence-electron chi connectivity index (χ0n) is 10.6. The summed E-state index contributed by atoms with van der Waals surface area (Å²) in [5, 5.41) is 0. The molecule has 0 atom stereocenters. The van der Waals surface area contributed by atoms with E-state index in [1.54, 1.807) is 24.5 Å². The molecule has 6 heteroatoms. The van der Waals surface area contributed by atoms with Crippen LogP contribution in [0, 0.1) is 0 Å². The van der Waals surface area contributed by atoms with Gasteiger partial charge in [0.1, 0.15) is 12.4 Å². The average Bonchev–Trinajstić information content (AvgIpc) is 2.91. The molecule has 1 aromatic rings. The molecule has 0 radical (unpaired) electrons. The Labute approximate surface area is 118 Å². The third-order valence-electron chi connectivity index (χ3n) is 2.68. The molecule has 1 aliphatic rings. The molecule has 0 unspecified atom stereocenters. The zero-order valence-corrected chi connectivity index (χ0v) is 11.4. The van der Waals surface area contributed by atoms with Gasteiger partial charge in [0.15, 0.2) is 0 Å². The summed E-state index contributed by atoms with van der Waals surface area (Å²) < 4.78 is 15.4. The minimum absolute atomic E-state index is 0. The summed E-state index contributed by atoms with van der Waals surface area (Å²) in [5.74, 6) is 0.291. The highest BCUT2D eigenvalue weighted by molar-refractivity contribution is 5.86. The van der Waals surface area contributed by atoms with Crippen molar-refractivity contribution in [1.82, 2.24) is 4.90 Å². The Morgan fingerprint density at radius 3 is 2.89 bits per heavy atom. The summed E-state index contributed by atoms with van der Waals surface area (Å²) in [5.41, 5.74) is 0. The Morgan fingerprint density at radius 1 is 1.42 bits per heavy atom. The van der Waals surface area contributed by atoms with E-state index in [9.17, 15) is 4.79 Å². The van der Waals surface area contributed by atoms with Crippen LogP contribution < -0.4 is 0 Å². The number of halogens is 1. The molecule has 0 aliphatic carbocycles. The normalized spacial score (nSPS) is 16.2. The van der Waals surface area contributed by atoms with Crippen molar-refractivity contribution < 1.29 is 18.7 Å². The van der Waals surface area contributed by atoms with Crippen LogP contribution in [0.4, 0.5) is 0 Å². The highest BCUT2D eigenvalue weighted by Crippen LogP contribution is 2.02. The third kappa shape index (κ3) is 5.92. The van der Waals surface area contributed by atoms with Crippen LogP contribution in [0.15, 0.2) is 28.9 Å². The van der Waals surface area contributed by atoms with Crippen LogP contribution in [0.1, 0.15) is 5.76 Å². The first-order valence-electron chi connectivity index (χ1n) is 6.03. The minimum Gasteiger partial charge on any atom is -0.465 e. The quantitative estimate of drug-likeness (QED) is 0.608. The first-order valence-corrected chi connectivity index (χ1v) is 6.03. The number of morpholine rings is 1. The lowest BCUT2D eigenvalue weighted by Gasteiger charge is -2.25. The number of ether oxygens (including phenoxy) is 2. The summed E-state index contributed by atoms with van der Waals surface area (Å²) in [6, 6.07) is 3.54. The lowest BCUT2D eigenvalue weighted by atomic mass is 10.4. The van der Waals surface area contributed by atoms with E-state index in [1.165, 1.54) is 6.08 Å². The second-order valence-electron chi connectivity index (χ2n) is 3.97. The molecule has 1 saturated heterocycles. The van der Waals surface area contributed by atoms with Crippen LogP contribution in [-0.4, -0.2) is 50.3 Å². The molecule has 19 heavy (non-hydrogen) atoms. The van der Waals surface area contributed by atoms with Gasteiger partial charge in [-0.15, -0.1) is 12.4 Å². The summed E-state index contributed by atoms with van der Waals surface area (Å²) in [6.45, 7) is 4.48. The summed E-state index contributed by atoms with van der Waals surface area (Å²) in [7, 11) is 0. The highest BCUT2D eigenvalue weighted by atomic mass is 35.5. The van der Waals surface area contributed by atoms with Crippen LogP contribution in [0.2, 0.25) is 0 Å². The van der Waals surface area contributed by atoms with Crippen molar-refractivity contribution in [1.29, 1.82) is 0 Å². The summed E-state index contributed by atoms with van der Waals surface area (Å²) in [4.78, 5) is 13.6. The first-order chi connectivity index (χ1) is 8.84. The monoisotopic (exact) mass is 287 g/mol. The summed E-state index contributed by atoms with van der Waals surface area (Å²) in [6.07, 6.45) is 4.53. The van der Waals surface area contributed by atoms with Crippen LogP contribution in [-0.2, 0) is 14.3 Å². The topological polar surface area (TPSA) is 51.9 Å². The molecule has 5 nitrogen and oxygen atoms in total. The fraction of sp³-hybridized carbons (Fsp3) is 0.462. The van der Waals surface area contributed by atoms with E-state index in [0.717, 1.165) is 32.8 Å². The number of hydrogen-bond acceptors (Lipinski definition) is 5. The van der Waals surface area contributed by atoms with E-state index in [-0.39, 0.29) is 18.4 Å². The largest absolute Gasteiger partial charge is 0.465 e. The van der Waals surface area contributed by atoms with Gasteiger partial charge in [-0.05, 0) is 18.2 Å². The zero-order chi connectivity index (χ0) is 12.6. The molecule has 0 aromatic carbocycles. The van der Waals surface area contributed by atoms with Gasteiger partial charge in [0, 0.05) is 25.7 Å². The minimum atomic E-state index is -0.348. The van der Waals surface area contributed by atoms with Gasteiger partial charge in [-0.2, -0.15) is 0 Å². The lowest BCUT2D eigenvalue weighted by Crippen LogP contribution is -2.38. The Kier molecular flexibility index (Phi) is 7.25. The second-order valence-corrected chi connectivity index (χ2v) is 3.97. The Hall–Kier alpha value is -1.30. The van der Waals surface area contributed by atoms with Gasteiger partial charge in [-0.3, -0.25) is 4.90 Å². The van der Waals surface area contributed by atoms with Crippen LogP contribution in [0.25, 0.3) is 6.08 Å². The van der Waals surface area contributed by atoms with Gasteiger partial charge >= 0.3 is 5.97 Å². The molecule has 0 bridgehead atoms. The van der Waals surface area contributed by atoms with Crippen molar-refractivity contribution in [2.45, 2.75) is 0 Å². The van der Waals surface area contributed by atoms with Crippen molar-refractivity contribution >= 4 is 24.5 Å². The van der Waals surface area contributed by atoms with E-state index in [2.05, 4.69) is 4.90 Å². The van der Waals surface area contributed by atoms with Crippen molar-refractivity contribution in [2.24, 2.45) is 0 Å². The first kappa shape index (κ1) is 15.8. The van der Waals surface area contributed by atoms with E-state index in [0.29, 0.717) is 12.4 Å². The number of carbonyl (C=O) groups excluding carboxylic acids is 1. The number of carbonyl (C=O) groups is 1. The van der Waals surface area contributed by atoms with Crippen molar-refractivity contribution in [2.75, 3.05) is 39.5 Å². The number of hydrogen-bond donors (Lipinski definition) is 0. The van der Waals surface area contributed by atoms with Crippen LogP contribution in [0.3, 0.4) is 0 Å². The Morgan fingerprint density at radius 2 is 2.21 bits per heavy atom. The number of rotatable bonds is 5. The predicted molar refractivity (Wildman–Crippen MR) is 73.2 cm³/mol. The third-order valence-corrected chi connectivity index (χ3v) is 2.68. The number of nitrogens with zero attached hydrogens (tertiary/aromatic N) is 1. The smallest absolute Gasteiger partial charge is 0.330 e. The van der Waals surface area contributed by atoms with Gasteiger partial charge in [0.2, 0.25) is 0 Å². The van der Waals surface area contributed by atoms with E-state index >= 15 is 0 Å². The number of furan rings is 1. The average molecular weight is 288 g/mol. The molecule has 2 heterocycles. The fourth-order valence-electron chi connectivity index (χ4n) is 1.68. The molecular formula is C13H18ClNO4. The molecule has 2 rings (SSSR count). The maximum absolute atomic E-state index is 11.4. The highest BCUT2D eigenvalue weighted by Gasteiger charge is 2.10. The molecule has 1 aliphatic heterocycles. The standard InChI is InChI=1S/C13H17NO4.ClH/c15-13(4-3-12-2-1-8-17-12)18-11-7-14-5-9-16-10-6-14;/h1-4,8H,5-7,9-11H2;1H/b4-3+;. The van der Waals surface area contributed by atoms with E-state index < -0.39 is 0 Å².